The highest BCUT2D eigenvalue weighted by atomic mass is 16.5. The molecule has 0 fully saturated rings. The fourth-order valence-electron chi connectivity index (χ4n) is 0.561. The molecule has 1 rings (SSSR count). The van der Waals surface area contributed by atoms with E-state index in [1.54, 1.807) is 0 Å². The summed E-state index contributed by atoms with van der Waals surface area (Å²) in [7, 11) is 0. The zero-order chi connectivity index (χ0) is 8.27. The van der Waals surface area contributed by atoms with Gasteiger partial charge in [-0.15, -0.1) is 0 Å². The first-order valence-corrected chi connectivity index (χ1v) is 2.96. The van der Waals surface area contributed by atoms with Crippen LogP contribution in [-0.2, 0) is 11.4 Å². The molecule has 11 heavy (non-hydrogen) atoms. The maximum Gasteiger partial charge on any atom is 0.309 e. The Hall–Kier alpha value is -1.36. The zero-order valence-corrected chi connectivity index (χ0v) is 5.90. The van der Waals surface area contributed by atoms with Crippen LogP contribution < -0.4 is 4.74 Å². The van der Waals surface area contributed by atoms with E-state index in [2.05, 4.69) is 14.1 Å². The first-order chi connectivity index (χ1) is 5.22. The van der Waals surface area contributed by atoms with Crippen molar-refractivity contribution in [1.29, 1.82) is 0 Å². The van der Waals surface area contributed by atoms with Crippen molar-refractivity contribution in [2.45, 2.75) is 13.5 Å². The first kappa shape index (κ1) is 7.74. The lowest BCUT2D eigenvalue weighted by atomic mass is 10.7. The van der Waals surface area contributed by atoms with Crippen molar-refractivity contribution in [3.05, 3.63) is 12.2 Å². The topological polar surface area (TPSA) is 72.6 Å². The van der Waals surface area contributed by atoms with Crippen LogP contribution in [0.3, 0.4) is 0 Å². The summed E-state index contributed by atoms with van der Waals surface area (Å²) in [6.07, 6.45) is 1.16. The van der Waals surface area contributed by atoms with Crippen LogP contribution in [0.5, 0.6) is 5.88 Å². The van der Waals surface area contributed by atoms with E-state index >= 15 is 0 Å². The third kappa shape index (κ3) is 2.05. The number of nitrogens with zero attached hydrogens (tertiary/aromatic N) is 1. The number of hydrogen-bond acceptors (Lipinski definition) is 5. The van der Waals surface area contributed by atoms with E-state index < -0.39 is 5.97 Å². The van der Waals surface area contributed by atoms with Crippen LogP contribution in [0.4, 0.5) is 0 Å². The second kappa shape index (κ2) is 3.16. The molecule has 60 valence electrons. The van der Waals surface area contributed by atoms with Gasteiger partial charge in [-0.3, -0.25) is 4.79 Å². The lowest BCUT2D eigenvalue weighted by molar-refractivity contribution is -0.132. The molecule has 1 aromatic heterocycles. The van der Waals surface area contributed by atoms with Gasteiger partial charge in [-0.1, -0.05) is 0 Å². The highest BCUT2D eigenvalue weighted by molar-refractivity contribution is 5.68. The summed E-state index contributed by atoms with van der Waals surface area (Å²) in [5.41, 5.74) is 0. The number of aliphatic hydroxyl groups is 1. The summed E-state index contributed by atoms with van der Waals surface area (Å²) >= 11 is 0. The number of carbonyl (C=O) groups is 1. The SMILES string of the molecule is CC(=O)Oc1coc(CO)n1. The Morgan fingerprint density at radius 1 is 1.91 bits per heavy atom. The molecule has 0 bridgehead atoms. The second-order valence-corrected chi connectivity index (χ2v) is 1.83. The number of rotatable bonds is 2. The summed E-state index contributed by atoms with van der Waals surface area (Å²) < 4.78 is 9.22. The molecule has 0 saturated carbocycles. The van der Waals surface area contributed by atoms with E-state index in [0.717, 1.165) is 6.26 Å². The summed E-state index contributed by atoms with van der Waals surface area (Å²) in [5.74, 6) is -0.273. The first-order valence-electron chi connectivity index (χ1n) is 2.96. The van der Waals surface area contributed by atoms with E-state index in [1.807, 2.05) is 0 Å². The summed E-state index contributed by atoms with van der Waals surface area (Å²) in [5, 5.41) is 8.49. The van der Waals surface area contributed by atoms with Gasteiger partial charge in [0.25, 0.3) is 5.88 Å². The van der Waals surface area contributed by atoms with E-state index in [0.29, 0.717) is 0 Å². The van der Waals surface area contributed by atoms with Gasteiger partial charge in [0.15, 0.2) is 6.26 Å². The Labute approximate surface area is 62.6 Å². The third-order valence-corrected chi connectivity index (χ3v) is 0.914. The molecule has 0 aromatic carbocycles. The lowest BCUT2D eigenvalue weighted by Crippen LogP contribution is -2.01. The average molecular weight is 157 g/mol. The Morgan fingerprint density at radius 3 is 3.09 bits per heavy atom. The van der Waals surface area contributed by atoms with Crippen molar-refractivity contribution < 1.29 is 19.1 Å². The molecule has 5 heteroatoms. The summed E-state index contributed by atoms with van der Waals surface area (Å²) in [6.45, 7) is 0.953. The fourth-order valence-corrected chi connectivity index (χ4v) is 0.561. The monoisotopic (exact) mass is 157 g/mol. The van der Waals surface area contributed by atoms with Crippen molar-refractivity contribution in [2.24, 2.45) is 0 Å². The van der Waals surface area contributed by atoms with Gasteiger partial charge in [-0.25, -0.2) is 0 Å². The lowest BCUT2D eigenvalue weighted by Gasteiger charge is -1.90. The van der Waals surface area contributed by atoms with Crippen LogP contribution in [0.25, 0.3) is 0 Å². The summed E-state index contributed by atoms with van der Waals surface area (Å²) in [6, 6.07) is 0. The van der Waals surface area contributed by atoms with Crippen LogP contribution in [0.15, 0.2) is 10.7 Å². The van der Waals surface area contributed by atoms with E-state index in [-0.39, 0.29) is 18.4 Å². The molecule has 0 saturated heterocycles. The standard InChI is InChI=1S/C6H7NO4/c1-4(9)11-6-3-10-5(2-8)7-6/h3,8H,2H2,1H3. The number of aromatic nitrogens is 1. The number of carbonyl (C=O) groups excluding carboxylic acids is 1. The van der Waals surface area contributed by atoms with Crippen LogP contribution in [0.1, 0.15) is 12.8 Å². The number of oxazole rings is 1. The fraction of sp³-hybridized carbons (Fsp3) is 0.333. The maximum atomic E-state index is 10.3. The van der Waals surface area contributed by atoms with Crippen LogP contribution in [0.2, 0.25) is 0 Å². The maximum absolute atomic E-state index is 10.3. The Balaban J connectivity index is 2.65. The van der Waals surface area contributed by atoms with Crippen LogP contribution >= 0.6 is 0 Å². The molecular formula is C6H7NO4. The molecule has 0 amide bonds. The predicted molar refractivity (Wildman–Crippen MR) is 33.7 cm³/mol. The smallest absolute Gasteiger partial charge is 0.309 e. The number of aliphatic hydroxyl groups excluding tert-OH is 1. The molecule has 1 heterocycles. The van der Waals surface area contributed by atoms with Crippen molar-refractivity contribution in [3.8, 4) is 5.88 Å². The van der Waals surface area contributed by atoms with E-state index in [9.17, 15) is 4.79 Å². The Kier molecular flexibility index (Phi) is 2.22. The van der Waals surface area contributed by atoms with Crippen molar-refractivity contribution in [3.63, 3.8) is 0 Å². The van der Waals surface area contributed by atoms with Gasteiger partial charge in [-0.2, -0.15) is 4.98 Å². The molecule has 0 spiro atoms. The third-order valence-electron chi connectivity index (χ3n) is 0.914. The largest absolute Gasteiger partial charge is 0.442 e. The Bertz CT molecular complexity index is 255. The molecule has 0 atom stereocenters. The minimum atomic E-state index is -0.470. The minimum absolute atomic E-state index is 0.0709. The average Bonchev–Trinajstić information content (AvgIpc) is 2.34. The normalized spacial score (nSPS) is 9.64. The predicted octanol–water partition coefficient (Wildman–Crippen LogP) is 0.0922. The molecule has 5 nitrogen and oxygen atoms in total. The molecule has 0 aliphatic carbocycles. The molecular weight excluding hydrogens is 150 g/mol. The van der Waals surface area contributed by atoms with Crippen LogP contribution in [0, 0.1) is 0 Å². The van der Waals surface area contributed by atoms with E-state index in [4.69, 9.17) is 5.11 Å². The molecule has 0 radical (unpaired) electrons. The molecule has 0 aliphatic rings. The Morgan fingerprint density at radius 2 is 2.64 bits per heavy atom. The molecule has 0 unspecified atom stereocenters. The highest BCUT2D eigenvalue weighted by Crippen LogP contribution is 2.09. The molecule has 0 aliphatic heterocycles. The number of hydrogen-bond donors (Lipinski definition) is 1. The van der Waals surface area contributed by atoms with Crippen molar-refractivity contribution in [1.82, 2.24) is 4.98 Å². The van der Waals surface area contributed by atoms with Gasteiger partial charge < -0.3 is 14.3 Å². The van der Waals surface area contributed by atoms with Crippen LogP contribution in [-0.4, -0.2) is 16.1 Å². The van der Waals surface area contributed by atoms with Crippen molar-refractivity contribution in [2.75, 3.05) is 0 Å². The van der Waals surface area contributed by atoms with Gasteiger partial charge in [0.2, 0.25) is 5.89 Å². The van der Waals surface area contributed by atoms with Crippen molar-refractivity contribution >= 4 is 5.97 Å². The highest BCUT2D eigenvalue weighted by Gasteiger charge is 2.04. The van der Waals surface area contributed by atoms with Gasteiger partial charge in [0, 0.05) is 6.92 Å². The second-order valence-electron chi connectivity index (χ2n) is 1.83. The van der Waals surface area contributed by atoms with Gasteiger partial charge in [0.05, 0.1) is 0 Å². The zero-order valence-electron chi connectivity index (χ0n) is 5.90. The molecule has 1 N–H and O–H groups in total. The van der Waals surface area contributed by atoms with Gasteiger partial charge in [-0.05, 0) is 0 Å². The molecule has 1 aromatic rings. The van der Waals surface area contributed by atoms with Gasteiger partial charge >= 0.3 is 5.97 Å². The van der Waals surface area contributed by atoms with E-state index in [1.165, 1.54) is 6.92 Å². The quantitative estimate of drug-likeness (QED) is 0.616. The summed E-state index contributed by atoms with van der Waals surface area (Å²) in [4.78, 5) is 14.0. The minimum Gasteiger partial charge on any atom is -0.442 e. The van der Waals surface area contributed by atoms with Gasteiger partial charge in [0.1, 0.15) is 6.61 Å². The number of esters is 1. The number of ether oxygens (including phenoxy) is 1.